The predicted octanol–water partition coefficient (Wildman–Crippen LogP) is 2.98. The number of thioether (sulfide) groups is 1. The van der Waals surface area contributed by atoms with Gasteiger partial charge in [0.1, 0.15) is 5.54 Å². The summed E-state index contributed by atoms with van der Waals surface area (Å²) in [5.41, 5.74) is -0.393. The molecule has 0 aromatic heterocycles. The number of ether oxygens (including phenoxy) is 1. The SMILES string of the molecule is CCCCSCC(NC1CC1)(C(=O)OCC)C1CC1. The first-order chi connectivity index (χ1) is 9.23. The molecule has 0 saturated heterocycles. The number of carbonyl (C=O) groups excluding carboxylic acids is 1. The van der Waals surface area contributed by atoms with E-state index >= 15 is 0 Å². The third-order valence-corrected chi connectivity index (χ3v) is 5.16. The Hall–Kier alpha value is -0.220. The Morgan fingerprint density at radius 3 is 2.58 bits per heavy atom. The van der Waals surface area contributed by atoms with Gasteiger partial charge in [0.05, 0.1) is 6.61 Å². The maximum atomic E-state index is 12.5. The van der Waals surface area contributed by atoms with Crippen LogP contribution >= 0.6 is 11.8 Å². The van der Waals surface area contributed by atoms with Gasteiger partial charge in [0.15, 0.2) is 0 Å². The van der Waals surface area contributed by atoms with E-state index in [1.807, 2.05) is 18.7 Å². The van der Waals surface area contributed by atoms with Crippen LogP contribution in [0.1, 0.15) is 52.4 Å². The highest BCUT2D eigenvalue weighted by Crippen LogP contribution is 2.44. The summed E-state index contributed by atoms with van der Waals surface area (Å²) in [5.74, 6) is 2.53. The van der Waals surface area contributed by atoms with Crippen LogP contribution in [0.25, 0.3) is 0 Å². The Morgan fingerprint density at radius 1 is 1.32 bits per heavy atom. The molecular formula is C15H27NO2S. The molecule has 0 aromatic rings. The van der Waals surface area contributed by atoms with Gasteiger partial charge < -0.3 is 4.74 Å². The Bertz CT molecular complexity index is 303. The van der Waals surface area contributed by atoms with E-state index in [1.54, 1.807) is 0 Å². The summed E-state index contributed by atoms with van der Waals surface area (Å²) in [6.07, 6.45) is 7.23. The smallest absolute Gasteiger partial charge is 0.327 e. The van der Waals surface area contributed by atoms with Gasteiger partial charge in [-0.3, -0.25) is 10.1 Å². The highest BCUT2D eigenvalue weighted by atomic mass is 32.2. The second-order valence-corrected chi connectivity index (χ2v) is 6.90. The van der Waals surface area contributed by atoms with Crippen molar-refractivity contribution in [3.05, 3.63) is 0 Å². The van der Waals surface area contributed by atoms with E-state index in [-0.39, 0.29) is 5.97 Å². The molecule has 19 heavy (non-hydrogen) atoms. The molecule has 0 amide bonds. The first-order valence-corrected chi connectivity index (χ1v) is 8.91. The van der Waals surface area contributed by atoms with Crippen molar-refractivity contribution in [1.29, 1.82) is 0 Å². The molecule has 2 aliphatic rings. The van der Waals surface area contributed by atoms with Gasteiger partial charge in [-0.15, -0.1) is 0 Å². The van der Waals surface area contributed by atoms with Crippen LogP contribution in [-0.2, 0) is 9.53 Å². The van der Waals surface area contributed by atoms with Crippen LogP contribution in [0, 0.1) is 5.92 Å². The van der Waals surface area contributed by atoms with E-state index in [9.17, 15) is 4.79 Å². The van der Waals surface area contributed by atoms with Crippen molar-refractivity contribution in [3.8, 4) is 0 Å². The normalized spacial score (nSPS) is 22.0. The summed E-state index contributed by atoms with van der Waals surface area (Å²) in [6.45, 7) is 4.60. The summed E-state index contributed by atoms with van der Waals surface area (Å²) < 4.78 is 5.38. The molecule has 0 heterocycles. The fourth-order valence-corrected chi connectivity index (χ4v) is 3.87. The molecule has 2 rings (SSSR count). The molecule has 3 nitrogen and oxygen atoms in total. The Balaban J connectivity index is 1.97. The maximum absolute atomic E-state index is 12.5. The first kappa shape index (κ1) is 15.2. The molecule has 0 bridgehead atoms. The fourth-order valence-electron chi connectivity index (χ4n) is 2.47. The standard InChI is InChI=1S/C15H27NO2S/c1-3-5-10-19-11-15(12-6-7-12,14(17)18-4-2)16-13-8-9-13/h12-13,16H,3-11H2,1-2H3. The zero-order valence-electron chi connectivity index (χ0n) is 12.2. The molecule has 110 valence electrons. The van der Waals surface area contributed by atoms with Crippen molar-refractivity contribution in [3.63, 3.8) is 0 Å². The molecule has 1 unspecified atom stereocenters. The number of carbonyl (C=O) groups is 1. The summed E-state index contributed by atoms with van der Waals surface area (Å²) in [5, 5.41) is 3.63. The minimum atomic E-state index is -0.393. The largest absolute Gasteiger partial charge is 0.465 e. The van der Waals surface area contributed by atoms with Crippen molar-refractivity contribution in [2.24, 2.45) is 5.92 Å². The molecule has 1 atom stereocenters. The molecule has 2 fully saturated rings. The second-order valence-electron chi connectivity index (χ2n) is 5.79. The zero-order chi connectivity index (χ0) is 13.7. The van der Waals surface area contributed by atoms with Crippen LogP contribution in [-0.4, -0.2) is 35.7 Å². The highest BCUT2D eigenvalue weighted by Gasteiger charge is 2.53. The number of rotatable bonds is 10. The zero-order valence-corrected chi connectivity index (χ0v) is 13.1. The number of hydrogen-bond donors (Lipinski definition) is 1. The quantitative estimate of drug-likeness (QED) is 0.495. The third kappa shape index (κ3) is 4.12. The highest BCUT2D eigenvalue weighted by molar-refractivity contribution is 7.99. The number of unbranched alkanes of at least 4 members (excludes halogenated alkanes) is 1. The van der Waals surface area contributed by atoms with Gasteiger partial charge >= 0.3 is 5.97 Å². The Morgan fingerprint density at radius 2 is 2.05 bits per heavy atom. The van der Waals surface area contributed by atoms with E-state index in [0.29, 0.717) is 18.6 Å². The third-order valence-electron chi connectivity index (χ3n) is 3.92. The monoisotopic (exact) mass is 285 g/mol. The van der Waals surface area contributed by atoms with E-state index in [1.165, 1.54) is 38.5 Å². The molecule has 1 N–H and O–H groups in total. The lowest BCUT2D eigenvalue weighted by molar-refractivity contribution is -0.151. The minimum Gasteiger partial charge on any atom is -0.465 e. The lowest BCUT2D eigenvalue weighted by Gasteiger charge is -2.32. The van der Waals surface area contributed by atoms with Crippen molar-refractivity contribution >= 4 is 17.7 Å². The maximum Gasteiger partial charge on any atom is 0.327 e. The minimum absolute atomic E-state index is 0.00611. The first-order valence-electron chi connectivity index (χ1n) is 7.75. The average Bonchev–Trinajstić information content (AvgIpc) is 3.26. The van der Waals surface area contributed by atoms with Crippen LogP contribution in [0.5, 0.6) is 0 Å². The number of nitrogens with one attached hydrogen (secondary N) is 1. The summed E-state index contributed by atoms with van der Waals surface area (Å²) in [7, 11) is 0. The molecule has 0 spiro atoms. The van der Waals surface area contributed by atoms with E-state index in [0.717, 1.165) is 11.5 Å². The summed E-state index contributed by atoms with van der Waals surface area (Å²) in [6, 6.07) is 0.553. The topological polar surface area (TPSA) is 38.3 Å². The van der Waals surface area contributed by atoms with Gasteiger partial charge in [-0.2, -0.15) is 11.8 Å². The predicted molar refractivity (Wildman–Crippen MR) is 80.5 cm³/mol. The molecule has 4 heteroatoms. The van der Waals surface area contributed by atoms with Crippen LogP contribution in [0.3, 0.4) is 0 Å². The average molecular weight is 285 g/mol. The molecular weight excluding hydrogens is 258 g/mol. The van der Waals surface area contributed by atoms with Crippen LogP contribution < -0.4 is 5.32 Å². The lowest BCUT2D eigenvalue weighted by Crippen LogP contribution is -2.58. The van der Waals surface area contributed by atoms with E-state index < -0.39 is 5.54 Å². The molecule has 2 aliphatic carbocycles. The van der Waals surface area contributed by atoms with Crippen molar-refractivity contribution in [2.75, 3.05) is 18.1 Å². The molecule has 2 saturated carbocycles. The van der Waals surface area contributed by atoms with Gasteiger partial charge in [0.2, 0.25) is 0 Å². The van der Waals surface area contributed by atoms with Gasteiger partial charge in [-0.25, -0.2) is 0 Å². The van der Waals surface area contributed by atoms with Crippen LogP contribution in [0.15, 0.2) is 0 Å². The number of esters is 1. The van der Waals surface area contributed by atoms with Crippen molar-refractivity contribution in [1.82, 2.24) is 5.32 Å². The fraction of sp³-hybridized carbons (Fsp3) is 0.933. The molecule has 0 aliphatic heterocycles. The van der Waals surface area contributed by atoms with Gasteiger partial charge in [0, 0.05) is 11.8 Å². The van der Waals surface area contributed by atoms with Gasteiger partial charge in [-0.1, -0.05) is 13.3 Å². The van der Waals surface area contributed by atoms with Crippen molar-refractivity contribution in [2.45, 2.75) is 64.0 Å². The summed E-state index contributed by atoms with van der Waals surface area (Å²) >= 11 is 1.91. The lowest BCUT2D eigenvalue weighted by atomic mass is 9.95. The Labute approximate surface area is 121 Å². The van der Waals surface area contributed by atoms with Crippen LogP contribution in [0.2, 0.25) is 0 Å². The van der Waals surface area contributed by atoms with Crippen molar-refractivity contribution < 1.29 is 9.53 Å². The van der Waals surface area contributed by atoms with E-state index in [4.69, 9.17) is 4.74 Å². The van der Waals surface area contributed by atoms with Gasteiger partial charge in [0.25, 0.3) is 0 Å². The second kappa shape index (κ2) is 6.98. The Kier molecular flexibility index (Phi) is 5.58. The van der Waals surface area contributed by atoms with Crippen LogP contribution in [0.4, 0.5) is 0 Å². The van der Waals surface area contributed by atoms with Gasteiger partial charge in [-0.05, 0) is 50.7 Å². The molecule has 0 aromatic carbocycles. The number of hydrogen-bond acceptors (Lipinski definition) is 4. The summed E-state index contributed by atoms with van der Waals surface area (Å²) in [4.78, 5) is 12.5. The van der Waals surface area contributed by atoms with E-state index in [2.05, 4.69) is 12.2 Å². The molecule has 0 radical (unpaired) electrons.